The fourth-order valence-corrected chi connectivity index (χ4v) is 1.19. The van der Waals surface area contributed by atoms with E-state index in [0.29, 0.717) is 13.0 Å². The van der Waals surface area contributed by atoms with Gasteiger partial charge in [0.05, 0.1) is 6.04 Å². The monoisotopic (exact) mass is 230 g/mol. The topological polar surface area (TPSA) is 83.6 Å². The molecule has 94 valence electrons. The van der Waals surface area contributed by atoms with Crippen LogP contribution in [0.25, 0.3) is 0 Å². The summed E-state index contributed by atoms with van der Waals surface area (Å²) in [4.78, 5) is 23.6. The fraction of sp³-hybridized carbons (Fsp3) is 0.818. The number of carboxylic acids is 1. The summed E-state index contributed by atoms with van der Waals surface area (Å²) in [5, 5.41) is 8.48. The van der Waals surface area contributed by atoms with Gasteiger partial charge in [0.15, 0.2) is 0 Å². The van der Waals surface area contributed by atoms with Crippen molar-refractivity contribution < 1.29 is 14.7 Å². The van der Waals surface area contributed by atoms with Crippen LogP contribution in [-0.2, 0) is 9.59 Å². The molecule has 0 rings (SSSR count). The highest BCUT2D eigenvalue weighted by Gasteiger charge is 2.29. The van der Waals surface area contributed by atoms with Gasteiger partial charge in [0, 0.05) is 20.0 Å². The molecule has 0 aliphatic heterocycles. The Labute approximate surface area is 96.6 Å². The fourth-order valence-electron chi connectivity index (χ4n) is 1.19. The molecule has 0 saturated heterocycles. The average Bonchev–Trinajstić information content (AvgIpc) is 2.13. The summed E-state index contributed by atoms with van der Waals surface area (Å²) < 4.78 is 0. The van der Waals surface area contributed by atoms with Crippen molar-refractivity contribution in [2.24, 2.45) is 11.1 Å². The van der Waals surface area contributed by atoms with Gasteiger partial charge in [-0.1, -0.05) is 20.8 Å². The van der Waals surface area contributed by atoms with Crippen molar-refractivity contribution >= 4 is 11.9 Å². The molecule has 0 aromatic heterocycles. The quantitative estimate of drug-likeness (QED) is 0.727. The number of amides is 1. The van der Waals surface area contributed by atoms with Crippen LogP contribution in [-0.4, -0.2) is 41.5 Å². The predicted octanol–water partition coefficient (Wildman–Crippen LogP) is 0.683. The second kappa shape index (κ2) is 5.84. The number of rotatable bonds is 5. The van der Waals surface area contributed by atoms with Crippen LogP contribution in [0.3, 0.4) is 0 Å². The summed E-state index contributed by atoms with van der Waals surface area (Å²) in [5.74, 6) is -0.987. The van der Waals surface area contributed by atoms with Gasteiger partial charge in [-0.05, 0) is 11.8 Å². The molecule has 0 aliphatic carbocycles. The molecule has 0 unspecified atom stereocenters. The molecule has 3 N–H and O–H groups in total. The molecule has 0 aromatic rings. The number of carbonyl (C=O) groups excluding carboxylic acids is 1. The van der Waals surface area contributed by atoms with Crippen LogP contribution in [0.4, 0.5) is 0 Å². The number of carboxylic acid groups (broad SMARTS) is 1. The second-order valence-electron chi connectivity index (χ2n) is 5.10. The molecule has 5 heteroatoms. The molecular formula is C11H22N2O3. The van der Waals surface area contributed by atoms with Gasteiger partial charge in [0.2, 0.25) is 5.91 Å². The Morgan fingerprint density at radius 2 is 1.88 bits per heavy atom. The first kappa shape index (κ1) is 14.9. The lowest BCUT2D eigenvalue weighted by atomic mass is 9.86. The minimum atomic E-state index is -0.846. The zero-order valence-electron chi connectivity index (χ0n) is 10.5. The number of nitrogens with two attached hydrogens (primary N) is 1. The Balaban J connectivity index is 4.14. The molecule has 0 bridgehead atoms. The van der Waals surface area contributed by atoms with Gasteiger partial charge < -0.3 is 15.7 Å². The summed E-state index contributed by atoms with van der Waals surface area (Å²) in [6.45, 7) is 6.14. The molecule has 0 fully saturated rings. The number of likely N-dealkylation sites (N-methyl/N-ethyl adjacent to an activating group) is 1. The maximum Gasteiger partial charge on any atom is 0.303 e. The van der Waals surface area contributed by atoms with E-state index >= 15 is 0 Å². The van der Waals surface area contributed by atoms with Crippen molar-refractivity contribution in [1.82, 2.24) is 4.90 Å². The first-order valence-corrected chi connectivity index (χ1v) is 5.38. The van der Waals surface area contributed by atoms with Gasteiger partial charge in [-0.3, -0.25) is 9.59 Å². The van der Waals surface area contributed by atoms with E-state index in [-0.39, 0.29) is 17.7 Å². The highest BCUT2D eigenvalue weighted by molar-refractivity contribution is 5.82. The van der Waals surface area contributed by atoms with E-state index in [1.807, 2.05) is 20.8 Å². The Bertz CT molecular complexity index is 258. The van der Waals surface area contributed by atoms with Crippen LogP contribution in [0, 0.1) is 5.41 Å². The lowest BCUT2D eigenvalue weighted by Gasteiger charge is -2.29. The second-order valence-corrected chi connectivity index (χ2v) is 5.10. The van der Waals surface area contributed by atoms with Crippen molar-refractivity contribution in [2.45, 2.75) is 39.7 Å². The number of nitrogens with zero attached hydrogens (tertiary/aromatic N) is 1. The van der Waals surface area contributed by atoms with E-state index in [2.05, 4.69) is 0 Å². The molecule has 0 spiro atoms. The minimum Gasteiger partial charge on any atom is -0.481 e. The molecular weight excluding hydrogens is 208 g/mol. The summed E-state index contributed by atoms with van der Waals surface area (Å²) in [7, 11) is 1.65. The maximum absolute atomic E-state index is 11.8. The largest absolute Gasteiger partial charge is 0.481 e. The summed E-state index contributed by atoms with van der Waals surface area (Å²) in [6.07, 6.45) is 0.525. The van der Waals surface area contributed by atoms with Gasteiger partial charge in [-0.2, -0.15) is 0 Å². The van der Waals surface area contributed by atoms with Crippen molar-refractivity contribution in [2.75, 3.05) is 13.6 Å². The third-order valence-corrected chi connectivity index (χ3v) is 2.46. The molecule has 0 radical (unpaired) electrons. The molecule has 0 saturated carbocycles. The number of aliphatic carboxylic acids is 1. The van der Waals surface area contributed by atoms with E-state index in [9.17, 15) is 9.59 Å². The van der Waals surface area contributed by atoms with E-state index in [1.165, 1.54) is 4.90 Å². The zero-order valence-corrected chi connectivity index (χ0v) is 10.5. The number of carbonyl (C=O) groups is 2. The molecule has 1 atom stereocenters. The predicted molar refractivity (Wildman–Crippen MR) is 61.9 cm³/mol. The highest BCUT2D eigenvalue weighted by Crippen LogP contribution is 2.18. The lowest BCUT2D eigenvalue weighted by Crippen LogP contribution is -2.49. The molecule has 1 amide bonds. The van der Waals surface area contributed by atoms with E-state index < -0.39 is 12.0 Å². The van der Waals surface area contributed by atoms with Crippen molar-refractivity contribution in [3.8, 4) is 0 Å². The van der Waals surface area contributed by atoms with E-state index in [1.54, 1.807) is 7.05 Å². The van der Waals surface area contributed by atoms with Gasteiger partial charge >= 0.3 is 5.97 Å². The van der Waals surface area contributed by atoms with Crippen molar-refractivity contribution in [3.05, 3.63) is 0 Å². The number of hydrogen-bond acceptors (Lipinski definition) is 3. The van der Waals surface area contributed by atoms with E-state index in [0.717, 1.165) is 0 Å². The Kier molecular flexibility index (Phi) is 5.44. The van der Waals surface area contributed by atoms with E-state index in [4.69, 9.17) is 10.8 Å². The molecule has 5 nitrogen and oxygen atoms in total. The third-order valence-electron chi connectivity index (χ3n) is 2.46. The standard InChI is InChI=1S/C11H22N2O3/c1-11(2,3)9(12)10(16)13(4)7-5-6-8(14)15/h9H,5-7,12H2,1-4H3,(H,14,15)/t9-/m1/s1. The van der Waals surface area contributed by atoms with Crippen LogP contribution in [0.2, 0.25) is 0 Å². The molecule has 16 heavy (non-hydrogen) atoms. The number of hydrogen-bond donors (Lipinski definition) is 2. The van der Waals surface area contributed by atoms with Gasteiger partial charge in [0.25, 0.3) is 0 Å². The first-order chi connectivity index (χ1) is 7.16. The normalized spacial score (nSPS) is 13.3. The highest BCUT2D eigenvalue weighted by atomic mass is 16.4. The smallest absolute Gasteiger partial charge is 0.303 e. The summed E-state index contributed by atoms with van der Waals surface area (Å²) in [5.41, 5.74) is 5.54. The van der Waals surface area contributed by atoms with Crippen LogP contribution in [0.5, 0.6) is 0 Å². The van der Waals surface area contributed by atoms with Crippen LogP contribution in [0.1, 0.15) is 33.6 Å². The van der Waals surface area contributed by atoms with Gasteiger partial charge in [0.1, 0.15) is 0 Å². The van der Waals surface area contributed by atoms with Gasteiger partial charge in [-0.15, -0.1) is 0 Å². The third kappa shape index (κ3) is 5.11. The summed E-state index contributed by atoms with van der Waals surface area (Å²) in [6, 6.07) is -0.553. The van der Waals surface area contributed by atoms with Crippen LogP contribution in [0.15, 0.2) is 0 Å². The molecule has 0 aliphatic rings. The molecule has 0 aromatic carbocycles. The Morgan fingerprint density at radius 1 is 1.38 bits per heavy atom. The van der Waals surface area contributed by atoms with Crippen molar-refractivity contribution in [3.63, 3.8) is 0 Å². The maximum atomic E-state index is 11.8. The lowest BCUT2D eigenvalue weighted by molar-refractivity contribution is -0.138. The summed E-state index contributed by atoms with van der Waals surface area (Å²) >= 11 is 0. The average molecular weight is 230 g/mol. The Hall–Kier alpha value is -1.10. The van der Waals surface area contributed by atoms with Crippen molar-refractivity contribution in [1.29, 1.82) is 0 Å². The first-order valence-electron chi connectivity index (χ1n) is 5.38. The molecule has 0 heterocycles. The Morgan fingerprint density at radius 3 is 2.25 bits per heavy atom. The van der Waals surface area contributed by atoms with Crippen LogP contribution < -0.4 is 5.73 Å². The van der Waals surface area contributed by atoms with Crippen LogP contribution >= 0.6 is 0 Å². The minimum absolute atomic E-state index is 0.0718. The SMILES string of the molecule is CN(CCCC(=O)O)C(=O)[C@@H](N)C(C)(C)C. The van der Waals surface area contributed by atoms with Gasteiger partial charge in [-0.25, -0.2) is 0 Å². The zero-order chi connectivity index (χ0) is 12.9.